The Morgan fingerprint density at radius 3 is 2.57 bits per heavy atom. The highest BCUT2D eigenvalue weighted by Crippen LogP contribution is 2.37. The van der Waals surface area contributed by atoms with E-state index in [1.165, 1.54) is 23.9 Å². The molecule has 0 unspecified atom stereocenters. The van der Waals surface area contributed by atoms with E-state index in [4.69, 9.17) is 34.8 Å². The molecule has 1 fully saturated rings. The zero-order valence-electron chi connectivity index (χ0n) is 11.6. The highest BCUT2D eigenvalue weighted by molar-refractivity contribution is 6.35. The van der Waals surface area contributed by atoms with Gasteiger partial charge < -0.3 is 11.6 Å². The van der Waals surface area contributed by atoms with Crippen molar-refractivity contribution in [3.63, 3.8) is 0 Å². The quantitative estimate of drug-likeness (QED) is 0.813. The van der Waals surface area contributed by atoms with Gasteiger partial charge in [0.05, 0.1) is 5.02 Å². The maximum absolute atomic E-state index is 6.25. The Hall–Kier alpha value is -1.39. The molecule has 6 heteroatoms. The lowest BCUT2D eigenvalue weighted by molar-refractivity contribution is 0.424. The molecule has 0 saturated heterocycles. The number of benzene rings is 1. The first-order chi connectivity index (χ1) is 10.1. The number of rotatable bonds is 2. The second kappa shape index (κ2) is 5.78. The molecule has 0 spiro atoms. The number of nitrogens with two attached hydrogens (primary N) is 2. The van der Waals surface area contributed by atoms with Gasteiger partial charge in [-0.25, -0.2) is 9.66 Å². The highest BCUT2D eigenvalue weighted by Gasteiger charge is 2.24. The van der Waals surface area contributed by atoms with Crippen molar-refractivity contribution in [2.75, 3.05) is 11.6 Å². The minimum Gasteiger partial charge on any atom is -0.382 e. The summed E-state index contributed by atoms with van der Waals surface area (Å²) < 4.78 is 1.50. The van der Waals surface area contributed by atoms with Gasteiger partial charge in [-0.05, 0) is 31.0 Å². The number of hydrogen-bond acceptors (Lipinski definition) is 3. The molecule has 0 bridgehead atoms. The summed E-state index contributed by atoms with van der Waals surface area (Å²) in [6, 6.07) is 5.26. The van der Waals surface area contributed by atoms with Crippen molar-refractivity contribution in [2.45, 2.75) is 38.0 Å². The molecule has 4 N–H and O–H groups in total. The fourth-order valence-electron chi connectivity index (χ4n) is 2.99. The Labute approximate surface area is 134 Å². The number of nitrogen functional groups attached to an aromatic ring is 2. The van der Waals surface area contributed by atoms with Crippen LogP contribution in [0.15, 0.2) is 18.2 Å². The molecule has 1 aliphatic rings. The standard InChI is InChI=1S/C15H18Cl2N4/c16-10-6-7-12(17)11(8-10)13-14(18)21(19)15(20-13)9-4-2-1-3-5-9/h6-9H,1-5,18-19H2. The van der Waals surface area contributed by atoms with Gasteiger partial charge in [-0.2, -0.15) is 0 Å². The fraction of sp³-hybridized carbons (Fsp3) is 0.400. The van der Waals surface area contributed by atoms with Gasteiger partial charge in [0.15, 0.2) is 5.82 Å². The molecule has 3 rings (SSSR count). The summed E-state index contributed by atoms with van der Waals surface area (Å²) in [5.41, 5.74) is 7.48. The van der Waals surface area contributed by atoms with Crippen LogP contribution in [-0.4, -0.2) is 9.66 Å². The normalized spacial score (nSPS) is 16.3. The predicted molar refractivity (Wildman–Crippen MR) is 88.1 cm³/mol. The molecule has 112 valence electrons. The van der Waals surface area contributed by atoms with Gasteiger partial charge in [-0.1, -0.05) is 42.5 Å². The summed E-state index contributed by atoms with van der Waals surface area (Å²) in [6.07, 6.45) is 5.92. The zero-order valence-corrected chi connectivity index (χ0v) is 13.2. The van der Waals surface area contributed by atoms with Gasteiger partial charge in [-0.3, -0.25) is 0 Å². The Balaban J connectivity index is 2.05. The van der Waals surface area contributed by atoms with Crippen LogP contribution in [0.1, 0.15) is 43.8 Å². The van der Waals surface area contributed by atoms with Crippen LogP contribution >= 0.6 is 23.2 Å². The molecule has 1 aromatic carbocycles. The molecule has 0 radical (unpaired) electrons. The van der Waals surface area contributed by atoms with Gasteiger partial charge in [-0.15, -0.1) is 0 Å². The SMILES string of the molecule is Nc1c(-c2cc(Cl)ccc2Cl)nc(C2CCCCC2)n1N. The van der Waals surface area contributed by atoms with E-state index in [2.05, 4.69) is 4.98 Å². The lowest BCUT2D eigenvalue weighted by Crippen LogP contribution is -2.19. The Bertz CT molecular complexity index is 660. The Kier molecular flexibility index (Phi) is 4.00. The van der Waals surface area contributed by atoms with Gasteiger partial charge in [0.25, 0.3) is 0 Å². The summed E-state index contributed by atoms with van der Waals surface area (Å²) in [7, 11) is 0. The van der Waals surface area contributed by atoms with Gasteiger partial charge in [0.1, 0.15) is 11.5 Å². The molecule has 2 aromatic rings. The molecule has 21 heavy (non-hydrogen) atoms. The molecule has 1 aliphatic carbocycles. The van der Waals surface area contributed by atoms with E-state index < -0.39 is 0 Å². The van der Waals surface area contributed by atoms with Gasteiger partial charge in [0, 0.05) is 16.5 Å². The minimum atomic E-state index is 0.373. The van der Waals surface area contributed by atoms with Crippen molar-refractivity contribution in [3.8, 4) is 11.3 Å². The average molecular weight is 325 g/mol. The fourth-order valence-corrected chi connectivity index (χ4v) is 3.37. The summed E-state index contributed by atoms with van der Waals surface area (Å²) in [6.45, 7) is 0. The molecule has 1 saturated carbocycles. The van der Waals surface area contributed by atoms with E-state index in [1.807, 2.05) is 0 Å². The van der Waals surface area contributed by atoms with Crippen molar-refractivity contribution in [3.05, 3.63) is 34.1 Å². The van der Waals surface area contributed by atoms with Crippen LogP contribution in [0, 0.1) is 0 Å². The third-order valence-corrected chi connectivity index (χ3v) is 4.69. The number of aromatic nitrogens is 2. The first kappa shape index (κ1) is 14.5. The molecule has 0 aliphatic heterocycles. The van der Waals surface area contributed by atoms with Gasteiger partial charge >= 0.3 is 0 Å². The van der Waals surface area contributed by atoms with Crippen molar-refractivity contribution >= 4 is 29.0 Å². The number of imidazole rings is 1. The molecule has 0 atom stereocenters. The summed E-state index contributed by atoms with van der Waals surface area (Å²) in [4.78, 5) is 4.68. The Morgan fingerprint density at radius 2 is 1.86 bits per heavy atom. The van der Waals surface area contributed by atoms with Crippen LogP contribution in [0.25, 0.3) is 11.3 Å². The van der Waals surface area contributed by atoms with E-state index in [9.17, 15) is 0 Å². The van der Waals surface area contributed by atoms with Crippen LogP contribution < -0.4 is 11.6 Å². The van der Waals surface area contributed by atoms with Crippen LogP contribution in [0.4, 0.5) is 5.82 Å². The summed E-state index contributed by atoms with van der Waals surface area (Å²) >= 11 is 12.3. The maximum atomic E-state index is 6.25. The van der Waals surface area contributed by atoms with E-state index in [-0.39, 0.29) is 0 Å². The molecular formula is C15H18Cl2N4. The second-order valence-corrected chi connectivity index (χ2v) is 6.38. The topological polar surface area (TPSA) is 69.9 Å². The Morgan fingerprint density at radius 1 is 1.14 bits per heavy atom. The molecule has 0 amide bonds. The van der Waals surface area contributed by atoms with Crippen molar-refractivity contribution in [2.24, 2.45) is 0 Å². The largest absolute Gasteiger partial charge is 0.382 e. The second-order valence-electron chi connectivity index (χ2n) is 5.53. The maximum Gasteiger partial charge on any atom is 0.150 e. The minimum absolute atomic E-state index is 0.373. The zero-order chi connectivity index (χ0) is 15.0. The van der Waals surface area contributed by atoms with Crippen LogP contribution in [0.2, 0.25) is 10.0 Å². The molecular weight excluding hydrogens is 307 g/mol. The van der Waals surface area contributed by atoms with Crippen molar-refractivity contribution in [1.29, 1.82) is 0 Å². The van der Waals surface area contributed by atoms with Crippen molar-refractivity contribution in [1.82, 2.24) is 9.66 Å². The summed E-state index contributed by atoms with van der Waals surface area (Å²) in [5.74, 6) is 7.76. The smallest absolute Gasteiger partial charge is 0.150 e. The van der Waals surface area contributed by atoms with Crippen LogP contribution in [0.3, 0.4) is 0 Å². The number of hydrogen-bond donors (Lipinski definition) is 2. The number of nitrogens with zero attached hydrogens (tertiary/aromatic N) is 2. The number of halogens is 2. The van der Waals surface area contributed by atoms with E-state index in [1.54, 1.807) is 18.2 Å². The summed E-state index contributed by atoms with van der Waals surface area (Å²) in [5, 5.41) is 1.17. The highest BCUT2D eigenvalue weighted by atomic mass is 35.5. The molecule has 4 nitrogen and oxygen atoms in total. The molecule has 1 heterocycles. The van der Waals surface area contributed by atoms with Crippen molar-refractivity contribution < 1.29 is 0 Å². The first-order valence-corrected chi connectivity index (χ1v) is 7.92. The van der Waals surface area contributed by atoms with Crippen LogP contribution in [0.5, 0.6) is 0 Å². The van der Waals surface area contributed by atoms with E-state index >= 15 is 0 Å². The lowest BCUT2D eigenvalue weighted by atomic mass is 9.89. The average Bonchev–Trinajstić information content (AvgIpc) is 2.79. The third-order valence-electron chi connectivity index (χ3n) is 4.13. The van der Waals surface area contributed by atoms with Crippen LogP contribution in [-0.2, 0) is 0 Å². The van der Waals surface area contributed by atoms with Gasteiger partial charge in [0.2, 0.25) is 0 Å². The third kappa shape index (κ3) is 2.70. The number of anilines is 1. The lowest BCUT2D eigenvalue weighted by Gasteiger charge is -2.20. The predicted octanol–water partition coefficient (Wildman–Crippen LogP) is 4.20. The first-order valence-electron chi connectivity index (χ1n) is 7.16. The van der Waals surface area contributed by atoms with E-state index in [0.717, 1.165) is 24.2 Å². The van der Waals surface area contributed by atoms with E-state index in [0.29, 0.717) is 27.5 Å². The molecule has 1 aromatic heterocycles. The monoisotopic (exact) mass is 324 g/mol.